The molecule has 0 aromatic carbocycles. The molecule has 1 aromatic rings. The number of aromatic nitrogens is 1. The van der Waals surface area contributed by atoms with Crippen LogP contribution < -0.4 is 4.74 Å². The minimum absolute atomic E-state index is 0.00784. The van der Waals surface area contributed by atoms with Gasteiger partial charge in [0.25, 0.3) is 6.43 Å². The fourth-order valence-electron chi connectivity index (χ4n) is 1.36. The van der Waals surface area contributed by atoms with Gasteiger partial charge in [0, 0.05) is 5.56 Å². The van der Waals surface area contributed by atoms with Crippen molar-refractivity contribution < 1.29 is 23.0 Å². The van der Waals surface area contributed by atoms with E-state index in [2.05, 4.69) is 4.98 Å². The van der Waals surface area contributed by atoms with Crippen LogP contribution in [-0.2, 0) is 10.6 Å². The summed E-state index contributed by atoms with van der Waals surface area (Å²) in [7, 11) is 1.29. The first kappa shape index (κ1) is 14.6. The minimum Gasteiger partial charge on any atom is -0.481 e. The number of nitrogens with zero attached hydrogens (tertiary/aromatic N) is 1. The van der Waals surface area contributed by atoms with Gasteiger partial charge in [-0.25, -0.2) is 18.6 Å². The van der Waals surface area contributed by atoms with Gasteiger partial charge >= 0.3 is 5.97 Å². The molecule has 1 heterocycles. The Kier molecular flexibility index (Phi) is 5.27. The van der Waals surface area contributed by atoms with Gasteiger partial charge in [-0.15, -0.1) is 11.6 Å². The Labute approximate surface area is 108 Å². The zero-order valence-corrected chi connectivity index (χ0v) is 10.6. The van der Waals surface area contributed by atoms with E-state index in [0.717, 1.165) is 0 Å². The molecule has 0 fully saturated rings. The first-order valence-electron chi connectivity index (χ1n) is 5.14. The smallest absolute Gasteiger partial charge is 0.340 e. The van der Waals surface area contributed by atoms with Gasteiger partial charge < -0.3 is 9.47 Å². The summed E-state index contributed by atoms with van der Waals surface area (Å²) in [6.07, 6.45) is -2.90. The van der Waals surface area contributed by atoms with Crippen molar-refractivity contribution in [2.45, 2.75) is 19.2 Å². The predicted octanol–water partition coefficient (Wildman–Crippen LogP) is 2.94. The van der Waals surface area contributed by atoms with Crippen LogP contribution in [0.1, 0.15) is 35.0 Å². The Morgan fingerprint density at radius 2 is 2.22 bits per heavy atom. The summed E-state index contributed by atoms with van der Waals surface area (Å²) in [5, 5.41) is 0. The number of alkyl halides is 3. The van der Waals surface area contributed by atoms with Crippen molar-refractivity contribution in [3.63, 3.8) is 0 Å². The first-order valence-corrected chi connectivity index (χ1v) is 5.67. The predicted molar refractivity (Wildman–Crippen MR) is 61.3 cm³/mol. The highest BCUT2D eigenvalue weighted by atomic mass is 35.5. The maximum atomic E-state index is 12.8. The third-order valence-electron chi connectivity index (χ3n) is 2.13. The normalized spacial score (nSPS) is 10.6. The molecule has 0 saturated heterocycles. The Balaban J connectivity index is 3.33. The standard InChI is InChI=1S/C11H12ClF2NO3/c1-3-18-11(16)7-4-6(5-12)10(17-2)15-8(7)9(13)14/h4,9H,3,5H2,1-2H3. The van der Waals surface area contributed by atoms with Crippen molar-refractivity contribution in [1.82, 2.24) is 4.98 Å². The average Bonchev–Trinajstić information content (AvgIpc) is 2.37. The van der Waals surface area contributed by atoms with Crippen LogP contribution in [0.5, 0.6) is 5.88 Å². The van der Waals surface area contributed by atoms with Gasteiger partial charge in [0.05, 0.1) is 25.2 Å². The Bertz CT molecular complexity index is 441. The fourth-order valence-corrected chi connectivity index (χ4v) is 1.55. The lowest BCUT2D eigenvalue weighted by atomic mass is 10.1. The molecule has 0 spiro atoms. The molecule has 0 aliphatic heterocycles. The topological polar surface area (TPSA) is 48.4 Å². The van der Waals surface area contributed by atoms with Crippen molar-refractivity contribution in [3.05, 3.63) is 22.9 Å². The molecular weight excluding hydrogens is 268 g/mol. The number of ether oxygens (including phenoxy) is 2. The van der Waals surface area contributed by atoms with Gasteiger partial charge in [-0.05, 0) is 13.0 Å². The SMILES string of the molecule is CCOC(=O)c1cc(CCl)c(OC)nc1C(F)F. The van der Waals surface area contributed by atoms with Gasteiger partial charge in [-0.1, -0.05) is 0 Å². The van der Waals surface area contributed by atoms with E-state index in [1.165, 1.54) is 13.2 Å². The molecule has 0 aliphatic rings. The second-order valence-corrected chi connectivity index (χ2v) is 3.51. The Hall–Kier alpha value is -1.43. The molecule has 0 amide bonds. The van der Waals surface area contributed by atoms with E-state index in [9.17, 15) is 13.6 Å². The van der Waals surface area contributed by atoms with E-state index in [1.807, 2.05) is 0 Å². The third kappa shape index (κ3) is 3.07. The van der Waals surface area contributed by atoms with Gasteiger partial charge in [0.2, 0.25) is 5.88 Å². The summed E-state index contributed by atoms with van der Waals surface area (Å²) in [4.78, 5) is 15.2. The number of carbonyl (C=O) groups is 1. The van der Waals surface area contributed by atoms with Crippen LogP contribution in [0.4, 0.5) is 8.78 Å². The molecule has 0 unspecified atom stereocenters. The molecule has 18 heavy (non-hydrogen) atoms. The maximum absolute atomic E-state index is 12.8. The van der Waals surface area contributed by atoms with E-state index in [1.54, 1.807) is 6.92 Å². The van der Waals surface area contributed by atoms with Crippen molar-refractivity contribution in [2.24, 2.45) is 0 Å². The van der Waals surface area contributed by atoms with Gasteiger partial charge in [-0.2, -0.15) is 0 Å². The van der Waals surface area contributed by atoms with Crippen LogP contribution in [0, 0.1) is 0 Å². The van der Waals surface area contributed by atoms with Crippen molar-refractivity contribution in [1.29, 1.82) is 0 Å². The Morgan fingerprint density at radius 3 is 2.67 bits per heavy atom. The van der Waals surface area contributed by atoms with E-state index in [0.29, 0.717) is 5.56 Å². The molecule has 0 saturated carbocycles. The monoisotopic (exact) mass is 279 g/mol. The number of rotatable bonds is 5. The van der Waals surface area contributed by atoms with E-state index in [4.69, 9.17) is 21.1 Å². The van der Waals surface area contributed by atoms with Crippen molar-refractivity contribution >= 4 is 17.6 Å². The van der Waals surface area contributed by atoms with Crippen LogP contribution in [0.15, 0.2) is 6.07 Å². The fraction of sp³-hybridized carbons (Fsp3) is 0.455. The third-order valence-corrected chi connectivity index (χ3v) is 2.42. The number of hydrogen-bond donors (Lipinski definition) is 0. The first-order chi connectivity index (χ1) is 8.54. The number of pyridine rings is 1. The van der Waals surface area contributed by atoms with Gasteiger partial charge in [0.15, 0.2) is 0 Å². The molecule has 4 nitrogen and oxygen atoms in total. The van der Waals surface area contributed by atoms with Crippen LogP contribution in [0.3, 0.4) is 0 Å². The number of hydrogen-bond acceptors (Lipinski definition) is 4. The molecule has 0 bridgehead atoms. The van der Waals surface area contributed by atoms with Crippen LogP contribution in [0.2, 0.25) is 0 Å². The van der Waals surface area contributed by atoms with Crippen LogP contribution >= 0.6 is 11.6 Å². The van der Waals surface area contributed by atoms with E-state index >= 15 is 0 Å². The molecule has 0 atom stereocenters. The van der Waals surface area contributed by atoms with Gasteiger partial charge in [0.1, 0.15) is 5.69 Å². The van der Waals surface area contributed by atoms with E-state index in [-0.39, 0.29) is 23.9 Å². The highest BCUT2D eigenvalue weighted by Crippen LogP contribution is 2.28. The quantitative estimate of drug-likeness (QED) is 0.614. The number of halogens is 3. The summed E-state index contributed by atoms with van der Waals surface area (Å²) in [5.41, 5.74) is -0.603. The van der Waals surface area contributed by atoms with Crippen LogP contribution in [0.25, 0.3) is 0 Å². The lowest BCUT2D eigenvalue weighted by Gasteiger charge is -2.12. The highest BCUT2D eigenvalue weighted by molar-refractivity contribution is 6.17. The minimum atomic E-state index is -2.90. The molecule has 1 aromatic heterocycles. The zero-order valence-electron chi connectivity index (χ0n) is 9.87. The molecule has 100 valence electrons. The molecule has 7 heteroatoms. The summed E-state index contributed by atoms with van der Waals surface area (Å²) in [6.45, 7) is 1.67. The summed E-state index contributed by atoms with van der Waals surface area (Å²) in [5.74, 6) is -0.880. The molecular formula is C11H12ClF2NO3. The lowest BCUT2D eigenvalue weighted by molar-refractivity contribution is 0.0513. The zero-order chi connectivity index (χ0) is 13.7. The highest BCUT2D eigenvalue weighted by Gasteiger charge is 2.24. The van der Waals surface area contributed by atoms with Gasteiger partial charge in [-0.3, -0.25) is 0 Å². The van der Waals surface area contributed by atoms with E-state index < -0.39 is 18.1 Å². The second-order valence-electron chi connectivity index (χ2n) is 3.24. The summed E-state index contributed by atoms with van der Waals surface area (Å²) < 4.78 is 35.2. The molecule has 1 rings (SSSR count). The summed E-state index contributed by atoms with van der Waals surface area (Å²) in [6, 6.07) is 1.22. The average molecular weight is 280 g/mol. The molecule has 0 aliphatic carbocycles. The molecule has 0 N–H and O–H groups in total. The van der Waals surface area contributed by atoms with Crippen molar-refractivity contribution in [3.8, 4) is 5.88 Å². The maximum Gasteiger partial charge on any atom is 0.340 e. The molecule has 0 radical (unpaired) electrons. The largest absolute Gasteiger partial charge is 0.481 e. The van der Waals surface area contributed by atoms with Crippen LogP contribution in [-0.4, -0.2) is 24.7 Å². The Morgan fingerprint density at radius 1 is 1.56 bits per heavy atom. The number of methoxy groups -OCH3 is 1. The summed E-state index contributed by atoms with van der Waals surface area (Å²) >= 11 is 5.64. The number of carbonyl (C=O) groups excluding carboxylic acids is 1. The lowest BCUT2D eigenvalue weighted by Crippen LogP contribution is -2.12. The second kappa shape index (κ2) is 6.49. The number of esters is 1. The van der Waals surface area contributed by atoms with Crippen molar-refractivity contribution in [2.75, 3.05) is 13.7 Å².